The Morgan fingerprint density at radius 1 is 1.32 bits per heavy atom. The first-order valence-corrected chi connectivity index (χ1v) is 8.37. The Kier molecular flexibility index (Phi) is 3.44. The maximum absolute atomic E-state index is 12.8. The number of carboxylic acid groups (broad SMARTS) is 1. The molecule has 7 heteroatoms. The molecule has 0 fully saturated rings. The summed E-state index contributed by atoms with van der Waals surface area (Å²) in [5.74, 6) is -1.18. The molecular formula is C15H16N2O4S. The van der Waals surface area contributed by atoms with Gasteiger partial charge in [-0.3, -0.25) is 4.31 Å². The van der Waals surface area contributed by atoms with Gasteiger partial charge in [-0.2, -0.15) is 0 Å². The molecule has 2 N–H and O–H groups in total. The number of hydrogen-bond acceptors (Lipinski definition) is 3. The quantitative estimate of drug-likeness (QED) is 0.907. The number of aromatic nitrogens is 1. The molecule has 0 unspecified atom stereocenters. The number of carboxylic acids is 1. The van der Waals surface area contributed by atoms with Gasteiger partial charge in [-0.05, 0) is 37.5 Å². The number of benzene rings is 1. The molecule has 1 aliphatic heterocycles. The predicted octanol–water partition coefficient (Wildman–Crippen LogP) is 2.16. The fraction of sp³-hybridized carbons (Fsp3) is 0.267. The SMILES string of the molecule is Cc1ccc2c(c1)CCCN2S(=O)(=O)c1c[nH]c(C(=O)O)c1. The van der Waals surface area contributed by atoms with Crippen LogP contribution in [0.5, 0.6) is 0 Å². The van der Waals surface area contributed by atoms with E-state index in [9.17, 15) is 13.2 Å². The first-order valence-electron chi connectivity index (χ1n) is 6.93. The summed E-state index contributed by atoms with van der Waals surface area (Å²) in [5, 5.41) is 8.92. The zero-order chi connectivity index (χ0) is 15.9. The Hall–Kier alpha value is -2.28. The number of fused-ring (bicyclic) bond motifs is 1. The van der Waals surface area contributed by atoms with Crippen LogP contribution >= 0.6 is 0 Å². The van der Waals surface area contributed by atoms with Crippen molar-refractivity contribution in [3.05, 3.63) is 47.3 Å². The van der Waals surface area contributed by atoms with Crippen molar-refractivity contribution in [1.82, 2.24) is 4.98 Å². The Labute approximate surface area is 128 Å². The van der Waals surface area contributed by atoms with E-state index in [0.29, 0.717) is 12.2 Å². The van der Waals surface area contributed by atoms with Gasteiger partial charge in [0.15, 0.2) is 0 Å². The molecule has 0 amide bonds. The molecule has 0 spiro atoms. The molecule has 0 atom stereocenters. The van der Waals surface area contributed by atoms with Gasteiger partial charge in [-0.1, -0.05) is 17.7 Å². The van der Waals surface area contributed by atoms with Crippen molar-refractivity contribution in [3.8, 4) is 0 Å². The largest absolute Gasteiger partial charge is 0.477 e. The summed E-state index contributed by atoms with van der Waals surface area (Å²) in [7, 11) is -3.76. The van der Waals surface area contributed by atoms with Crippen LogP contribution in [-0.4, -0.2) is 31.0 Å². The predicted molar refractivity (Wildman–Crippen MR) is 81.8 cm³/mol. The van der Waals surface area contributed by atoms with E-state index in [1.165, 1.54) is 10.5 Å². The number of aryl methyl sites for hydroxylation is 2. The van der Waals surface area contributed by atoms with Gasteiger partial charge < -0.3 is 10.1 Å². The smallest absolute Gasteiger partial charge is 0.352 e. The van der Waals surface area contributed by atoms with E-state index < -0.39 is 16.0 Å². The zero-order valence-corrected chi connectivity index (χ0v) is 12.9. The van der Waals surface area contributed by atoms with Crippen LogP contribution in [0.4, 0.5) is 5.69 Å². The van der Waals surface area contributed by atoms with Gasteiger partial charge in [0.2, 0.25) is 0 Å². The second-order valence-corrected chi connectivity index (χ2v) is 7.23. The zero-order valence-electron chi connectivity index (χ0n) is 12.0. The van der Waals surface area contributed by atoms with Crippen molar-refractivity contribution >= 4 is 21.7 Å². The molecule has 2 heterocycles. The fourth-order valence-corrected chi connectivity index (χ4v) is 4.25. The second kappa shape index (κ2) is 5.17. The summed E-state index contributed by atoms with van der Waals surface area (Å²) in [4.78, 5) is 13.4. The molecular weight excluding hydrogens is 304 g/mol. The molecule has 0 bridgehead atoms. The van der Waals surface area contributed by atoms with Crippen LogP contribution in [0, 0.1) is 6.92 Å². The van der Waals surface area contributed by atoms with E-state index in [1.807, 2.05) is 25.1 Å². The van der Waals surface area contributed by atoms with Crippen molar-refractivity contribution < 1.29 is 18.3 Å². The molecule has 6 nitrogen and oxygen atoms in total. The molecule has 0 aliphatic carbocycles. The summed E-state index contributed by atoms with van der Waals surface area (Å²) < 4.78 is 26.9. The van der Waals surface area contributed by atoms with Gasteiger partial charge in [-0.25, -0.2) is 13.2 Å². The third kappa shape index (κ3) is 2.37. The highest BCUT2D eigenvalue weighted by Crippen LogP contribution is 2.32. The lowest BCUT2D eigenvalue weighted by molar-refractivity contribution is 0.0691. The number of carbonyl (C=O) groups is 1. The number of nitrogens with zero attached hydrogens (tertiary/aromatic N) is 1. The third-order valence-corrected chi connectivity index (χ3v) is 5.58. The van der Waals surface area contributed by atoms with E-state index in [1.54, 1.807) is 0 Å². The number of nitrogens with one attached hydrogen (secondary N) is 1. The average Bonchev–Trinajstić information content (AvgIpc) is 2.97. The van der Waals surface area contributed by atoms with E-state index in [-0.39, 0.29) is 10.6 Å². The number of aromatic carboxylic acids is 1. The number of rotatable bonds is 3. The van der Waals surface area contributed by atoms with Crippen LogP contribution in [0.3, 0.4) is 0 Å². The Bertz CT molecular complexity index is 839. The number of sulfonamides is 1. The topological polar surface area (TPSA) is 90.5 Å². The van der Waals surface area contributed by atoms with Gasteiger partial charge in [0.25, 0.3) is 10.0 Å². The number of anilines is 1. The molecule has 0 radical (unpaired) electrons. The number of aromatic amines is 1. The van der Waals surface area contributed by atoms with Crippen molar-refractivity contribution in [2.24, 2.45) is 0 Å². The van der Waals surface area contributed by atoms with Gasteiger partial charge in [0, 0.05) is 12.7 Å². The highest BCUT2D eigenvalue weighted by molar-refractivity contribution is 7.92. The average molecular weight is 320 g/mol. The molecule has 22 heavy (non-hydrogen) atoms. The van der Waals surface area contributed by atoms with Crippen molar-refractivity contribution in [3.63, 3.8) is 0 Å². The van der Waals surface area contributed by atoms with E-state index in [2.05, 4.69) is 4.98 Å². The lowest BCUT2D eigenvalue weighted by Gasteiger charge is -2.30. The van der Waals surface area contributed by atoms with Crippen molar-refractivity contribution in [2.45, 2.75) is 24.7 Å². The molecule has 0 saturated heterocycles. The Morgan fingerprint density at radius 3 is 2.77 bits per heavy atom. The monoisotopic (exact) mass is 320 g/mol. The van der Waals surface area contributed by atoms with Crippen LogP contribution in [0.15, 0.2) is 35.4 Å². The maximum atomic E-state index is 12.8. The molecule has 1 aromatic heterocycles. The highest BCUT2D eigenvalue weighted by Gasteiger charge is 2.30. The van der Waals surface area contributed by atoms with E-state index in [0.717, 1.165) is 30.0 Å². The summed E-state index contributed by atoms with van der Waals surface area (Å²) >= 11 is 0. The lowest BCUT2D eigenvalue weighted by Crippen LogP contribution is -2.35. The van der Waals surface area contributed by atoms with Crippen LogP contribution in [0.2, 0.25) is 0 Å². The molecule has 0 saturated carbocycles. The number of H-pyrrole nitrogens is 1. The first kappa shape index (κ1) is 14.6. The number of hydrogen-bond donors (Lipinski definition) is 2. The van der Waals surface area contributed by atoms with E-state index in [4.69, 9.17) is 5.11 Å². The van der Waals surface area contributed by atoms with Crippen LogP contribution in [-0.2, 0) is 16.4 Å². The Balaban J connectivity index is 2.05. The van der Waals surface area contributed by atoms with Gasteiger partial charge >= 0.3 is 5.97 Å². The summed E-state index contributed by atoms with van der Waals surface area (Å²) in [5.41, 5.74) is 2.63. The molecule has 116 valence electrons. The van der Waals surface area contributed by atoms with Crippen molar-refractivity contribution in [1.29, 1.82) is 0 Å². The minimum Gasteiger partial charge on any atom is -0.477 e. The van der Waals surface area contributed by atoms with Crippen LogP contribution in [0.1, 0.15) is 28.0 Å². The maximum Gasteiger partial charge on any atom is 0.352 e. The van der Waals surface area contributed by atoms with Gasteiger partial charge in [-0.15, -0.1) is 0 Å². The molecule has 2 aromatic rings. The highest BCUT2D eigenvalue weighted by atomic mass is 32.2. The Morgan fingerprint density at radius 2 is 2.09 bits per heavy atom. The summed E-state index contributed by atoms with van der Waals surface area (Å²) in [6.45, 7) is 2.37. The second-order valence-electron chi connectivity index (χ2n) is 5.37. The third-order valence-electron chi connectivity index (χ3n) is 3.79. The molecule has 1 aromatic carbocycles. The van der Waals surface area contributed by atoms with Crippen LogP contribution in [0.25, 0.3) is 0 Å². The van der Waals surface area contributed by atoms with Gasteiger partial charge in [0.1, 0.15) is 10.6 Å². The van der Waals surface area contributed by atoms with Crippen LogP contribution < -0.4 is 4.31 Å². The standard InChI is InChI=1S/C15H16N2O4S/c1-10-4-5-14-11(7-10)3-2-6-17(14)22(20,21)12-8-13(15(18)19)16-9-12/h4-5,7-9,16H,2-3,6H2,1H3,(H,18,19). The normalized spacial score (nSPS) is 14.7. The minimum atomic E-state index is -3.76. The fourth-order valence-electron chi connectivity index (χ4n) is 2.72. The van der Waals surface area contributed by atoms with Crippen molar-refractivity contribution in [2.75, 3.05) is 10.8 Å². The minimum absolute atomic E-state index is 0.0293. The summed E-state index contributed by atoms with van der Waals surface area (Å²) in [6, 6.07) is 6.84. The molecule has 1 aliphatic rings. The summed E-state index contributed by atoms with van der Waals surface area (Å²) in [6.07, 6.45) is 2.81. The molecule has 3 rings (SSSR count). The first-order chi connectivity index (χ1) is 10.4. The lowest BCUT2D eigenvalue weighted by atomic mass is 10.0. The van der Waals surface area contributed by atoms with E-state index >= 15 is 0 Å². The van der Waals surface area contributed by atoms with Gasteiger partial charge in [0.05, 0.1) is 5.69 Å².